The predicted octanol–water partition coefficient (Wildman–Crippen LogP) is 1.19. The van der Waals surface area contributed by atoms with Gasteiger partial charge in [-0.15, -0.1) is 0 Å². The Labute approximate surface area is 117 Å². The number of hydrogen-bond donors (Lipinski definition) is 1. The van der Waals surface area contributed by atoms with E-state index in [4.69, 9.17) is 4.74 Å². The summed E-state index contributed by atoms with van der Waals surface area (Å²) >= 11 is 0. The Morgan fingerprint density at radius 3 is 2.47 bits per heavy atom. The molecule has 1 aliphatic carbocycles. The normalized spacial score (nSPS) is 29.8. The first-order valence-corrected chi connectivity index (χ1v) is 7.91. The highest BCUT2D eigenvalue weighted by atomic mass is 16.5. The molecule has 0 spiro atoms. The molecule has 19 heavy (non-hydrogen) atoms. The Hall–Kier alpha value is -0.160. The lowest BCUT2D eigenvalue weighted by atomic mass is 9.86. The minimum Gasteiger partial charge on any atom is -0.396 e. The summed E-state index contributed by atoms with van der Waals surface area (Å²) in [6.45, 7) is 6.80. The molecule has 1 heterocycles. The molecule has 2 aliphatic rings. The van der Waals surface area contributed by atoms with Crippen LogP contribution in [0.3, 0.4) is 0 Å². The maximum atomic E-state index is 9.17. The number of aliphatic hydroxyl groups is 1. The van der Waals surface area contributed by atoms with E-state index in [-0.39, 0.29) is 0 Å². The van der Waals surface area contributed by atoms with Gasteiger partial charge in [0.1, 0.15) is 0 Å². The predicted molar refractivity (Wildman–Crippen MR) is 77.3 cm³/mol. The largest absolute Gasteiger partial charge is 0.396 e. The highest BCUT2D eigenvalue weighted by Crippen LogP contribution is 2.26. The summed E-state index contributed by atoms with van der Waals surface area (Å²) in [6, 6.07) is 0.743. The van der Waals surface area contributed by atoms with Crippen LogP contribution in [0.25, 0.3) is 0 Å². The van der Waals surface area contributed by atoms with Crippen molar-refractivity contribution in [3.63, 3.8) is 0 Å². The molecule has 0 aromatic carbocycles. The van der Waals surface area contributed by atoms with Gasteiger partial charge in [0.2, 0.25) is 0 Å². The topological polar surface area (TPSA) is 35.9 Å². The van der Waals surface area contributed by atoms with Gasteiger partial charge in [0, 0.05) is 25.7 Å². The van der Waals surface area contributed by atoms with Crippen LogP contribution in [0.2, 0.25) is 0 Å². The van der Waals surface area contributed by atoms with E-state index < -0.39 is 0 Å². The zero-order valence-corrected chi connectivity index (χ0v) is 12.4. The molecule has 0 radical (unpaired) electrons. The molecule has 0 bridgehead atoms. The Balaban J connectivity index is 1.57. The van der Waals surface area contributed by atoms with Crippen molar-refractivity contribution < 1.29 is 9.84 Å². The van der Waals surface area contributed by atoms with Gasteiger partial charge in [-0.05, 0) is 58.2 Å². The first kappa shape index (κ1) is 15.2. The molecule has 0 aromatic heterocycles. The van der Waals surface area contributed by atoms with Crippen molar-refractivity contribution in [3.05, 3.63) is 0 Å². The van der Waals surface area contributed by atoms with E-state index in [1.54, 1.807) is 0 Å². The molecule has 1 saturated heterocycles. The summed E-state index contributed by atoms with van der Waals surface area (Å²) in [7, 11) is 2.27. The van der Waals surface area contributed by atoms with E-state index in [9.17, 15) is 5.11 Å². The van der Waals surface area contributed by atoms with E-state index >= 15 is 0 Å². The second-order valence-electron chi connectivity index (χ2n) is 6.15. The van der Waals surface area contributed by atoms with Crippen LogP contribution in [0.5, 0.6) is 0 Å². The highest BCUT2D eigenvalue weighted by Gasteiger charge is 2.23. The minimum atomic E-state index is 0.382. The van der Waals surface area contributed by atoms with Crippen LogP contribution in [-0.2, 0) is 4.74 Å². The number of rotatable bonds is 6. The molecule has 2 rings (SSSR count). The lowest BCUT2D eigenvalue weighted by Crippen LogP contribution is -2.40. The summed E-state index contributed by atoms with van der Waals surface area (Å²) < 4.78 is 5.37. The van der Waals surface area contributed by atoms with Gasteiger partial charge < -0.3 is 14.7 Å². The lowest BCUT2D eigenvalue weighted by Gasteiger charge is -2.34. The van der Waals surface area contributed by atoms with Gasteiger partial charge in [-0.2, -0.15) is 0 Å². The first-order chi connectivity index (χ1) is 9.29. The van der Waals surface area contributed by atoms with Crippen LogP contribution in [0, 0.1) is 5.92 Å². The summed E-state index contributed by atoms with van der Waals surface area (Å²) in [4.78, 5) is 5.05. The SMILES string of the molecule is CN(CCCN1CCOCC1)C1CCC(CO)CC1. The van der Waals surface area contributed by atoms with Gasteiger partial charge in [-0.1, -0.05) is 0 Å². The van der Waals surface area contributed by atoms with E-state index in [1.807, 2.05) is 0 Å². The number of aliphatic hydroxyl groups excluding tert-OH is 1. The van der Waals surface area contributed by atoms with Gasteiger partial charge in [0.05, 0.1) is 13.2 Å². The molecular formula is C15H30N2O2. The molecule has 4 heteroatoms. The van der Waals surface area contributed by atoms with Crippen LogP contribution < -0.4 is 0 Å². The molecule has 1 N–H and O–H groups in total. The number of ether oxygens (including phenoxy) is 1. The van der Waals surface area contributed by atoms with Crippen LogP contribution in [0.4, 0.5) is 0 Å². The van der Waals surface area contributed by atoms with Crippen LogP contribution >= 0.6 is 0 Å². The van der Waals surface area contributed by atoms with Crippen molar-refractivity contribution in [1.29, 1.82) is 0 Å². The average Bonchev–Trinajstić information content (AvgIpc) is 2.48. The molecule has 0 unspecified atom stereocenters. The molecule has 0 atom stereocenters. The van der Waals surface area contributed by atoms with E-state index in [0.29, 0.717) is 12.5 Å². The van der Waals surface area contributed by atoms with Crippen molar-refractivity contribution >= 4 is 0 Å². The van der Waals surface area contributed by atoms with Crippen molar-refractivity contribution in [2.75, 3.05) is 53.0 Å². The summed E-state index contributed by atoms with van der Waals surface area (Å²) in [5.74, 6) is 0.568. The summed E-state index contributed by atoms with van der Waals surface area (Å²) in [5.41, 5.74) is 0. The van der Waals surface area contributed by atoms with Crippen molar-refractivity contribution in [3.8, 4) is 0 Å². The van der Waals surface area contributed by atoms with E-state index in [2.05, 4.69) is 16.8 Å². The van der Waals surface area contributed by atoms with Crippen molar-refractivity contribution in [2.24, 2.45) is 5.92 Å². The van der Waals surface area contributed by atoms with E-state index in [1.165, 1.54) is 45.2 Å². The monoisotopic (exact) mass is 270 g/mol. The van der Waals surface area contributed by atoms with Crippen LogP contribution in [-0.4, -0.2) is 74.0 Å². The molecule has 1 aliphatic heterocycles. The second-order valence-corrected chi connectivity index (χ2v) is 6.15. The third-order valence-electron chi connectivity index (χ3n) is 4.79. The second kappa shape index (κ2) is 8.20. The van der Waals surface area contributed by atoms with E-state index in [0.717, 1.165) is 32.3 Å². The third kappa shape index (κ3) is 5.03. The molecule has 4 nitrogen and oxygen atoms in total. The fourth-order valence-corrected chi connectivity index (χ4v) is 3.32. The number of hydrogen-bond acceptors (Lipinski definition) is 4. The molecule has 112 valence electrons. The Morgan fingerprint density at radius 1 is 1.16 bits per heavy atom. The molecule has 1 saturated carbocycles. The fourth-order valence-electron chi connectivity index (χ4n) is 3.32. The first-order valence-electron chi connectivity index (χ1n) is 7.91. The zero-order valence-electron chi connectivity index (χ0n) is 12.4. The Kier molecular flexibility index (Phi) is 6.57. The summed E-state index contributed by atoms with van der Waals surface area (Å²) in [5, 5.41) is 9.17. The number of nitrogens with zero attached hydrogens (tertiary/aromatic N) is 2. The van der Waals surface area contributed by atoms with Crippen LogP contribution in [0.1, 0.15) is 32.1 Å². The van der Waals surface area contributed by atoms with Gasteiger partial charge in [0.25, 0.3) is 0 Å². The third-order valence-corrected chi connectivity index (χ3v) is 4.79. The molecule has 2 fully saturated rings. The standard InChI is InChI=1S/C15H30N2O2/c1-16(15-5-3-14(13-18)4-6-15)7-2-8-17-9-11-19-12-10-17/h14-15,18H,2-13H2,1H3. The average molecular weight is 270 g/mol. The fraction of sp³-hybridized carbons (Fsp3) is 1.00. The lowest BCUT2D eigenvalue weighted by molar-refractivity contribution is 0.0352. The Morgan fingerprint density at radius 2 is 1.84 bits per heavy atom. The smallest absolute Gasteiger partial charge is 0.0594 e. The Bertz CT molecular complexity index is 236. The van der Waals surface area contributed by atoms with Gasteiger partial charge in [-0.3, -0.25) is 4.90 Å². The van der Waals surface area contributed by atoms with Gasteiger partial charge in [-0.25, -0.2) is 0 Å². The quantitative estimate of drug-likeness (QED) is 0.786. The van der Waals surface area contributed by atoms with Gasteiger partial charge in [0.15, 0.2) is 0 Å². The van der Waals surface area contributed by atoms with Crippen molar-refractivity contribution in [1.82, 2.24) is 9.80 Å². The van der Waals surface area contributed by atoms with Crippen LogP contribution in [0.15, 0.2) is 0 Å². The zero-order chi connectivity index (χ0) is 13.5. The molecule has 0 amide bonds. The minimum absolute atomic E-state index is 0.382. The molecular weight excluding hydrogens is 240 g/mol. The maximum Gasteiger partial charge on any atom is 0.0594 e. The van der Waals surface area contributed by atoms with Crippen molar-refractivity contribution in [2.45, 2.75) is 38.1 Å². The maximum absolute atomic E-state index is 9.17. The summed E-state index contributed by atoms with van der Waals surface area (Å²) in [6.07, 6.45) is 6.19. The number of morpholine rings is 1. The van der Waals surface area contributed by atoms with Gasteiger partial charge >= 0.3 is 0 Å². The molecule has 0 aromatic rings. The highest BCUT2D eigenvalue weighted by molar-refractivity contribution is 4.78.